The predicted octanol–water partition coefficient (Wildman–Crippen LogP) is 2.34. The van der Waals surface area contributed by atoms with Gasteiger partial charge >= 0.3 is 0 Å². The van der Waals surface area contributed by atoms with Crippen molar-refractivity contribution in [3.8, 4) is 0 Å². The molecule has 0 aliphatic carbocycles. The van der Waals surface area contributed by atoms with Crippen molar-refractivity contribution in [2.75, 3.05) is 6.54 Å². The quantitative estimate of drug-likeness (QED) is 0.877. The van der Waals surface area contributed by atoms with Crippen molar-refractivity contribution >= 4 is 16.8 Å². The highest BCUT2D eigenvalue weighted by Gasteiger charge is 2.11. The largest absolute Gasteiger partial charge is 0.349 e. The standard InChI is InChI=1S/C16H21N3O/c1-11(2)9-13(17)10-18-16(20)15-8-7-12-5-3-4-6-14(12)19-15/h3-8,11,13H,9-10,17H2,1-2H3,(H,18,20). The Hall–Kier alpha value is -1.94. The minimum atomic E-state index is -0.171. The van der Waals surface area contributed by atoms with Crippen molar-refractivity contribution in [2.45, 2.75) is 26.3 Å². The average molecular weight is 271 g/mol. The van der Waals surface area contributed by atoms with E-state index in [4.69, 9.17) is 5.73 Å². The molecule has 0 bridgehead atoms. The monoisotopic (exact) mass is 271 g/mol. The van der Waals surface area contributed by atoms with Gasteiger partial charge in [-0.25, -0.2) is 4.98 Å². The molecule has 1 atom stereocenters. The maximum Gasteiger partial charge on any atom is 0.269 e. The summed E-state index contributed by atoms with van der Waals surface area (Å²) in [4.78, 5) is 16.4. The highest BCUT2D eigenvalue weighted by Crippen LogP contribution is 2.11. The zero-order valence-corrected chi connectivity index (χ0v) is 12.0. The molecule has 106 valence electrons. The fourth-order valence-electron chi connectivity index (χ4n) is 2.20. The predicted molar refractivity (Wildman–Crippen MR) is 81.5 cm³/mol. The molecule has 0 radical (unpaired) electrons. The molecule has 1 amide bonds. The highest BCUT2D eigenvalue weighted by molar-refractivity contribution is 5.94. The molecular weight excluding hydrogens is 250 g/mol. The highest BCUT2D eigenvalue weighted by atomic mass is 16.1. The second-order valence-electron chi connectivity index (χ2n) is 5.49. The number of pyridine rings is 1. The van der Waals surface area contributed by atoms with Crippen molar-refractivity contribution in [1.82, 2.24) is 10.3 Å². The molecule has 0 spiro atoms. The summed E-state index contributed by atoms with van der Waals surface area (Å²) in [6.07, 6.45) is 0.894. The molecule has 4 nitrogen and oxygen atoms in total. The molecule has 1 heterocycles. The van der Waals surface area contributed by atoms with E-state index in [1.165, 1.54) is 0 Å². The van der Waals surface area contributed by atoms with Gasteiger partial charge in [0, 0.05) is 18.0 Å². The maximum atomic E-state index is 12.0. The first kappa shape index (κ1) is 14.5. The van der Waals surface area contributed by atoms with Crippen LogP contribution in [0.2, 0.25) is 0 Å². The summed E-state index contributed by atoms with van der Waals surface area (Å²) in [6, 6.07) is 11.4. The van der Waals surface area contributed by atoms with Gasteiger partial charge in [-0.3, -0.25) is 4.79 Å². The van der Waals surface area contributed by atoms with E-state index in [2.05, 4.69) is 24.1 Å². The number of benzene rings is 1. The Bertz CT molecular complexity index is 595. The summed E-state index contributed by atoms with van der Waals surface area (Å²) in [6.45, 7) is 4.71. The van der Waals surface area contributed by atoms with Crippen LogP contribution in [0.1, 0.15) is 30.8 Å². The van der Waals surface area contributed by atoms with Crippen molar-refractivity contribution in [3.05, 3.63) is 42.1 Å². The number of nitrogens with one attached hydrogen (secondary N) is 1. The molecule has 2 aromatic rings. The number of fused-ring (bicyclic) bond motifs is 1. The van der Waals surface area contributed by atoms with Gasteiger partial charge in [0.25, 0.3) is 5.91 Å². The average Bonchev–Trinajstić information content (AvgIpc) is 2.43. The number of carbonyl (C=O) groups is 1. The number of nitrogens with zero attached hydrogens (tertiary/aromatic N) is 1. The van der Waals surface area contributed by atoms with Gasteiger partial charge in [0.1, 0.15) is 5.69 Å². The first-order chi connectivity index (χ1) is 9.56. The third kappa shape index (κ3) is 3.78. The Balaban J connectivity index is 2.00. The summed E-state index contributed by atoms with van der Waals surface area (Å²) in [7, 11) is 0. The molecule has 2 rings (SSSR count). The van der Waals surface area contributed by atoms with E-state index >= 15 is 0 Å². The van der Waals surface area contributed by atoms with E-state index < -0.39 is 0 Å². The Morgan fingerprint density at radius 2 is 2.00 bits per heavy atom. The molecule has 4 heteroatoms. The van der Waals surface area contributed by atoms with Gasteiger partial charge in [0.15, 0.2) is 0 Å². The van der Waals surface area contributed by atoms with Gasteiger partial charge in [-0.1, -0.05) is 38.1 Å². The van der Waals surface area contributed by atoms with Crippen LogP contribution >= 0.6 is 0 Å². The van der Waals surface area contributed by atoms with Crippen molar-refractivity contribution in [3.63, 3.8) is 0 Å². The lowest BCUT2D eigenvalue weighted by atomic mass is 10.0. The molecule has 0 aliphatic heterocycles. The van der Waals surface area contributed by atoms with E-state index in [0.29, 0.717) is 18.2 Å². The molecule has 1 aromatic heterocycles. The third-order valence-electron chi connectivity index (χ3n) is 3.13. The number of rotatable bonds is 5. The summed E-state index contributed by atoms with van der Waals surface area (Å²) in [5, 5.41) is 3.87. The van der Waals surface area contributed by atoms with Crippen LogP contribution in [0.4, 0.5) is 0 Å². The first-order valence-electron chi connectivity index (χ1n) is 6.96. The van der Waals surface area contributed by atoms with Gasteiger partial charge in [0.05, 0.1) is 5.52 Å². The van der Waals surface area contributed by atoms with E-state index in [9.17, 15) is 4.79 Å². The molecule has 20 heavy (non-hydrogen) atoms. The Kier molecular flexibility index (Phi) is 4.69. The van der Waals surface area contributed by atoms with Crippen LogP contribution < -0.4 is 11.1 Å². The number of aromatic nitrogens is 1. The number of amides is 1. The minimum Gasteiger partial charge on any atom is -0.349 e. The normalized spacial score (nSPS) is 12.6. The summed E-state index contributed by atoms with van der Waals surface area (Å²) >= 11 is 0. The molecule has 1 aromatic carbocycles. The molecule has 0 saturated heterocycles. The van der Waals surface area contributed by atoms with E-state index in [-0.39, 0.29) is 11.9 Å². The van der Waals surface area contributed by atoms with Crippen LogP contribution in [0.3, 0.4) is 0 Å². The molecule has 3 N–H and O–H groups in total. The van der Waals surface area contributed by atoms with Crippen LogP contribution in [-0.2, 0) is 0 Å². The van der Waals surface area contributed by atoms with Gasteiger partial charge in [-0.05, 0) is 24.5 Å². The number of para-hydroxylation sites is 1. The lowest BCUT2D eigenvalue weighted by Crippen LogP contribution is -2.38. The van der Waals surface area contributed by atoms with E-state index in [1.54, 1.807) is 6.07 Å². The fourth-order valence-corrected chi connectivity index (χ4v) is 2.20. The second kappa shape index (κ2) is 6.48. The number of hydrogen-bond donors (Lipinski definition) is 2. The van der Waals surface area contributed by atoms with Crippen LogP contribution in [0.25, 0.3) is 10.9 Å². The SMILES string of the molecule is CC(C)CC(N)CNC(=O)c1ccc2ccccc2n1. The van der Waals surface area contributed by atoms with Gasteiger partial charge < -0.3 is 11.1 Å². The lowest BCUT2D eigenvalue weighted by Gasteiger charge is -2.14. The van der Waals surface area contributed by atoms with Crippen molar-refractivity contribution in [2.24, 2.45) is 11.7 Å². The molecule has 1 unspecified atom stereocenters. The number of hydrogen-bond acceptors (Lipinski definition) is 3. The number of nitrogens with two attached hydrogens (primary N) is 1. The van der Waals surface area contributed by atoms with E-state index in [0.717, 1.165) is 17.3 Å². The zero-order valence-electron chi connectivity index (χ0n) is 12.0. The van der Waals surface area contributed by atoms with E-state index in [1.807, 2.05) is 30.3 Å². The zero-order chi connectivity index (χ0) is 14.5. The van der Waals surface area contributed by atoms with Gasteiger partial charge in [-0.2, -0.15) is 0 Å². The topological polar surface area (TPSA) is 68.0 Å². The fraction of sp³-hybridized carbons (Fsp3) is 0.375. The lowest BCUT2D eigenvalue weighted by molar-refractivity contribution is 0.0945. The van der Waals surface area contributed by atoms with Crippen LogP contribution in [0.5, 0.6) is 0 Å². The van der Waals surface area contributed by atoms with Crippen LogP contribution in [0.15, 0.2) is 36.4 Å². The Labute approximate surface area is 119 Å². The third-order valence-corrected chi connectivity index (χ3v) is 3.13. The van der Waals surface area contributed by atoms with Crippen LogP contribution in [0, 0.1) is 5.92 Å². The first-order valence-corrected chi connectivity index (χ1v) is 6.96. The van der Waals surface area contributed by atoms with Gasteiger partial charge in [0.2, 0.25) is 0 Å². The second-order valence-corrected chi connectivity index (χ2v) is 5.49. The minimum absolute atomic E-state index is 0.0144. The van der Waals surface area contributed by atoms with Crippen LogP contribution in [-0.4, -0.2) is 23.5 Å². The Morgan fingerprint density at radius 3 is 2.75 bits per heavy atom. The molecule has 0 saturated carbocycles. The molecule has 0 aliphatic rings. The summed E-state index contributed by atoms with van der Waals surface area (Å²) in [5.41, 5.74) is 7.21. The van der Waals surface area contributed by atoms with Crippen molar-refractivity contribution < 1.29 is 4.79 Å². The van der Waals surface area contributed by atoms with Crippen molar-refractivity contribution in [1.29, 1.82) is 0 Å². The molecule has 0 fully saturated rings. The van der Waals surface area contributed by atoms with Gasteiger partial charge in [-0.15, -0.1) is 0 Å². The summed E-state index contributed by atoms with van der Waals surface area (Å²) in [5.74, 6) is 0.357. The number of carbonyl (C=O) groups excluding carboxylic acids is 1. The summed E-state index contributed by atoms with van der Waals surface area (Å²) < 4.78 is 0. The maximum absolute atomic E-state index is 12.0. The smallest absolute Gasteiger partial charge is 0.269 e. The Morgan fingerprint density at radius 1 is 1.25 bits per heavy atom. The molecular formula is C16H21N3O.